The van der Waals surface area contributed by atoms with Gasteiger partial charge in [-0.05, 0) is 25.7 Å². The lowest BCUT2D eigenvalue weighted by molar-refractivity contribution is -0.216. The molecule has 4 aliphatic rings. The van der Waals surface area contributed by atoms with E-state index in [1.165, 1.54) is 0 Å². The summed E-state index contributed by atoms with van der Waals surface area (Å²) in [5.74, 6) is -8.69. The number of carboxylic acids is 3. The van der Waals surface area contributed by atoms with Crippen molar-refractivity contribution in [3.8, 4) is 0 Å². The number of Topliss-reactive ketones (excluding diaryl/α,β-unsaturated/α-hetero) is 2. The highest BCUT2D eigenvalue weighted by atomic mass is 16.5. The third-order valence-electron chi connectivity index (χ3n) is 5.96. The largest absolute Gasteiger partial charge is 0.480 e. The monoisotopic (exact) mass is 354 g/mol. The van der Waals surface area contributed by atoms with Crippen LogP contribution in [0.5, 0.6) is 0 Å². The average Bonchev–Trinajstić information content (AvgIpc) is 2.53. The second kappa shape index (κ2) is 4.44. The van der Waals surface area contributed by atoms with E-state index in [0.717, 1.165) is 7.11 Å². The Morgan fingerprint density at radius 3 is 1.28 bits per heavy atom. The number of carboxylic acid groups (broad SMARTS) is 3. The molecule has 0 aromatic rings. The molecule has 4 saturated carbocycles. The Morgan fingerprint density at radius 1 is 0.720 bits per heavy atom. The summed E-state index contributed by atoms with van der Waals surface area (Å²) in [4.78, 5) is 73.7. The fraction of sp³-hybridized carbons (Fsp3) is 0.600. The normalized spacial score (nSPS) is 41.5. The molecular formula is C15H14O10. The van der Waals surface area contributed by atoms with Crippen molar-refractivity contribution in [1.82, 2.24) is 0 Å². The zero-order valence-corrected chi connectivity index (χ0v) is 13.0. The van der Waals surface area contributed by atoms with Crippen LogP contribution in [0.3, 0.4) is 0 Å². The summed E-state index contributed by atoms with van der Waals surface area (Å²) in [7, 11) is 0.921. The summed E-state index contributed by atoms with van der Waals surface area (Å²) in [6.07, 6.45) is -3.31. The van der Waals surface area contributed by atoms with E-state index >= 15 is 0 Å². The molecule has 0 radical (unpaired) electrons. The molecule has 2 atom stereocenters. The molecule has 0 amide bonds. The first-order valence-corrected chi connectivity index (χ1v) is 7.34. The summed E-state index contributed by atoms with van der Waals surface area (Å²) in [5, 5.41) is 28.9. The van der Waals surface area contributed by atoms with Gasteiger partial charge >= 0.3 is 23.9 Å². The van der Waals surface area contributed by atoms with Crippen LogP contribution in [-0.2, 0) is 33.5 Å². The summed E-state index contributed by atoms with van der Waals surface area (Å²) < 4.78 is 4.57. The molecule has 10 heteroatoms. The van der Waals surface area contributed by atoms with Gasteiger partial charge in [-0.25, -0.2) is 0 Å². The van der Waals surface area contributed by atoms with Gasteiger partial charge in [-0.15, -0.1) is 0 Å². The Hall–Kier alpha value is -2.78. The highest BCUT2D eigenvalue weighted by Crippen LogP contribution is 2.71. The van der Waals surface area contributed by atoms with E-state index in [2.05, 4.69) is 4.74 Å². The van der Waals surface area contributed by atoms with Crippen molar-refractivity contribution in [2.75, 3.05) is 7.11 Å². The molecule has 4 rings (SSSR count). The molecular weight excluding hydrogens is 340 g/mol. The molecule has 3 N–H and O–H groups in total. The second-order valence-electron chi connectivity index (χ2n) is 7.10. The molecule has 0 aromatic carbocycles. The van der Waals surface area contributed by atoms with Gasteiger partial charge in [0.15, 0.2) is 11.6 Å². The third-order valence-corrected chi connectivity index (χ3v) is 5.96. The van der Waals surface area contributed by atoms with Gasteiger partial charge in [0.1, 0.15) is 21.7 Å². The van der Waals surface area contributed by atoms with Crippen LogP contribution in [-0.4, -0.2) is 57.9 Å². The van der Waals surface area contributed by atoms with E-state index < -0.39 is 82.8 Å². The molecule has 25 heavy (non-hydrogen) atoms. The van der Waals surface area contributed by atoms with Crippen LogP contribution in [0, 0.1) is 21.7 Å². The fourth-order valence-electron chi connectivity index (χ4n) is 5.05. The lowest BCUT2D eigenvalue weighted by Crippen LogP contribution is -2.77. The third kappa shape index (κ3) is 1.55. The van der Waals surface area contributed by atoms with Gasteiger partial charge in [0, 0.05) is 0 Å². The highest BCUT2D eigenvalue weighted by molar-refractivity contribution is 6.26. The number of hydrogen-bond acceptors (Lipinski definition) is 7. The summed E-state index contributed by atoms with van der Waals surface area (Å²) in [5.41, 5.74) is -9.59. The van der Waals surface area contributed by atoms with Gasteiger partial charge in [-0.2, -0.15) is 0 Å². The van der Waals surface area contributed by atoms with E-state index in [-0.39, 0.29) is 0 Å². The minimum absolute atomic E-state index is 0.788. The van der Waals surface area contributed by atoms with Gasteiger partial charge in [-0.3, -0.25) is 28.8 Å². The van der Waals surface area contributed by atoms with Crippen LogP contribution >= 0.6 is 0 Å². The van der Waals surface area contributed by atoms with Crippen molar-refractivity contribution >= 4 is 35.4 Å². The van der Waals surface area contributed by atoms with Crippen LogP contribution in [0.25, 0.3) is 0 Å². The smallest absolute Gasteiger partial charge is 0.319 e. The molecule has 0 heterocycles. The van der Waals surface area contributed by atoms with E-state index in [0.29, 0.717) is 0 Å². The molecule has 0 saturated heterocycles. The summed E-state index contributed by atoms with van der Waals surface area (Å²) >= 11 is 0. The van der Waals surface area contributed by atoms with Crippen molar-refractivity contribution in [1.29, 1.82) is 0 Å². The average molecular weight is 354 g/mol. The molecule has 4 bridgehead atoms. The molecule has 10 nitrogen and oxygen atoms in total. The van der Waals surface area contributed by atoms with Crippen LogP contribution in [0.1, 0.15) is 25.7 Å². The molecule has 134 valence electrons. The van der Waals surface area contributed by atoms with E-state index in [4.69, 9.17) is 0 Å². The maximum atomic E-state index is 12.9. The zero-order valence-electron chi connectivity index (χ0n) is 13.0. The van der Waals surface area contributed by atoms with Gasteiger partial charge in [0.2, 0.25) is 0 Å². The zero-order chi connectivity index (χ0) is 19.0. The number of ether oxygens (including phenoxy) is 1. The van der Waals surface area contributed by atoms with E-state index in [1.807, 2.05) is 0 Å². The molecule has 0 spiro atoms. The first kappa shape index (κ1) is 17.1. The summed E-state index contributed by atoms with van der Waals surface area (Å²) in [6, 6.07) is 0. The Balaban J connectivity index is 2.41. The van der Waals surface area contributed by atoms with Crippen molar-refractivity contribution in [2.24, 2.45) is 21.7 Å². The first-order chi connectivity index (χ1) is 11.4. The summed E-state index contributed by atoms with van der Waals surface area (Å²) in [6.45, 7) is 0. The van der Waals surface area contributed by atoms with Crippen molar-refractivity contribution < 1.29 is 48.8 Å². The van der Waals surface area contributed by atoms with Crippen LogP contribution in [0.2, 0.25) is 0 Å². The van der Waals surface area contributed by atoms with Crippen molar-refractivity contribution in [2.45, 2.75) is 25.7 Å². The molecule has 2 unspecified atom stereocenters. The van der Waals surface area contributed by atoms with Crippen molar-refractivity contribution in [3.63, 3.8) is 0 Å². The van der Waals surface area contributed by atoms with Gasteiger partial charge < -0.3 is 20.1 Å². The number of hydrogen-bond donors (Lipinski definition) is 3. The lowest BCUT2D eigenvalue weighted by Gasteiger charge is -2.62. The maximum Gasteiger partial charge on any atom is 0.319 e. The number of carbonyl (C=O) groups is 6. The van der Waals surface area contributed by atoms with E-state index in [1.54, 1.807) is 0 Å². The van der Waals surface area contributed by atoms with Crippen LogP contribution < -0.4 is 0 Å². The minimum atomic E-state index is -2.44. The van der Waals surface area contributed by atoms with Crippen LogP contribution in [0.4, 0.5) is 0 Å². The van der Waals surface area contributed by atoms with Gasteiger partial charge in [-0.1, -0.05) is 0 Å². The molecule has 0 aromatic heterocycles. The Kier molecular flexibility index (Phi) is 3.03. The predicted molar refractivity (Wildman–Crippen MR) is 73.1 cm³/mol. The first-order valence-electron chi connectivity index (χ1n) is 7.34. The molecule has 0 aliphatic heterocycles. The number of esters is 1. The fourth-order valence-corrected chi connectivity index (χ4v) is 5.05. The number of rotatable bonds is 4. The number of aliphatic carboxylic acids is 3. The predicted octanol–water partition coefficient (Wildman–Crippen LogP) is -0.902. The topological polar surface area (TPSA) is 172 Å². The quantitative estimate of drug-likeness (QED) is 0.424. The minimum Gasteiger partial charge on any atom is -0.480 e. The number of ketones is 2. The van der Waals surface area contributed by atoms with Crippen molar-refractivity contribution in [3.05, 3.63) is 0 Å². The number of carbonyl (C=O) groups excluding carboxylic acids is 3. The van der Waals surface area contributed by atoms with Crippen LogP contribution in [0.15, 0.2) is 0 Å². The standard InChI is InChI=1S/C15H14O10/c1-25-11(24)15-4-13(9(20)21)2-12(7(15)17,8(18)19)3-14(5-15,6(13)16)10(22)23/h2-5H2,1H3,(H,18,19)(H,20,21)(H,22,23). The lowest BCUT2D eigenvalue weighted by atomic mass is 9.34. The SMILES string of the molecule is COC(=O)C12CC3(C(=O)O)CC(C(=O)O)(CC(C(=O)O)(C1)C3=O)C2=O. The maximum absolute atomic E-state index is 12.9. The molecule has 4 fully saturated rings. The highest BCUT2D eigenvalue weighted by Gasteiger charge is 2.84. The van der Waals surface area contributed by atoms with Gasteiger partial charge in [0.05, 0.1) is 7.11 Å². The molecule has 4 aliphatic carbocycles. The Labute approximate surface area is 139 Å². The number of methoxy groups -OCH3 is 1. The Morgan fingerprint density at radius 2 is 1.00 bits per heavy atom. The Bertz CT molecular complexity index is 723. The second-order valence-corrected chi connectivity index (χ2v) is 7.10. The van der Waals surface area contributed by atoms with Gasteiger partial charge in [0.25, 0.3) is 0 Å². The van der Waals surface area contributed by atoms with E-state index in [9.17, 15) is 44.1 Å².